The lowest BCUT2D eigenvalue weighted by molar-refractivity contribution is -0.134. The normalized spacial score (nSPS) is 20.7. The number of hydrogen-bond acceptors (Lipinski definition) is 5. The van der Waals surface area contributed by atoms with Gasteiger partial charge in [-0.05, 0) is 46.6 Å². The number of nitrogens with zero attached hydrogens (tertiary/aromatic N) is 2. The average molecular weight is 347 g/mol. The van der Waals surface area contributed by atoms with Crippen LogP contribution in [0.2, 0.25) is 0 Å². The van der Waals surface area contributed by atoms with Gasteiger partial charge in [0.25, 0.3) is 0 Å². The van der Waals surface area contributed by atoms with E-state index in [0.29, 0.717) is 19.8 Å². The van der Waals surface area contributed by atoms with Crippen LogP contribution in [0, 0.1) is 0 Å². The van der Waals surface area contributed by atoms with Crippen molar-refractivity contribution in [3.63, 3.8) is 0 Å². The minimum absolute atomic E-state index is 0.0266. The van der Waals surface area contributed by atoms with Crippen LogP contribution in [0.25, 0.3) is 0 Å². The largest absolute Gasteiger partial charge is 0.519 e. The van der Waals surface area contributed by atoms with Crippen molar-refractivity contribution in [2.45, 2.75) is 58.7 Å². The van der Waals surface area contributed by atoms with Gasteiger partial charge in [-0.1, -0.05) is 6.92 Å². The van der Waals surface area contributed by atoms with E-state index in [-0.39, 0.29) is 17.6 Å². The highest BCUT2D eigenvalue weighted by Crippen LogP contribution is 2.30. The Morgan fingerprint density at radius 3 is 2.04 bits per heavy atom. The zero-order valence-corrected chi connectivity index (χ0v) is 16.6. The molecule has 0 N–H and O–H groups in total. The zero-order valence-electron chi connectivity index (χ0n) is 15.6. The van der Waals surface area contributed by atoms with Crippen LogP contribution < -0.4 is 0 Å². The van der Waals surface area contributed by atoms with Gasteiger partial charge in [0, 0.05) is 33.9 Å². The number of carbonyl (C=O) groups is 1. The topological polar surface area (TPSA) is 51.2 Å². The van der Waals surface area contributed by atoms with Crippen LogP contribution in [0.3, 0.4) is 0 Å². The summed E-state index contributed by atoms with van der Waals surface area (Å²) in [6.45, 7) is 10.6. The van der Waals surface area contributed by atoms with E-state index in [2.05, 4.69) is 11.8 Å². The molecule has 1 aliphatic heterocycles. The Labute approximate surface area is 142 Å². The van der Waals surface area contributed by atoms with Gasteiger partial charge in [-0.25, -0.2) is 0 Å². The summed E-state index contributed by atoms with van der Waals surface area (Å²) in [5, 5.41) is 0. The van der Waals surface area contributed by atoms with Gasteiger partial charge in [0.15, 0.2) is 0 Å². The first-order chi connectivity index (χ1) is 11.0. The molecular formula is C16H34N2O4Si. The second-order valence-electron chi connectivity index (χ2n) is 5.96. The highest BCUT2D eigenvalue weighted by atomic mass is 28.4. The van der Waals surface area contributed by atoms with E-state index < -0.39 is 8.80 Å². The van der Waals surface area contributed by atoms with Crippen LogP contribution in [0.1, 0.15) is 47.0 Å². The van der Waals surface area contributed by atoms with Crippen molar-refractivity contribution in [1.29, 1.82) is 0 Å². The Balaban J connectivity index is 3.11. The Bertz CT molecular complexity index is 351. The van der Waals surface area contributed by atoms with Crippen LogP contribution in [0.5, 0.6) is 0 Å². The molecule has 136 valence electrons. The Morgan fingerprint density at radius 1 is 1.13 bits per heavy atom. The highest BCUT2D eigenvalue weighted by Gasteiger charge is 2.54. The van der Waals surface area contributed by atoms with Gasteiger partial charge in [0.05, 0.1) is 11.7 Å². The third-order valence-corrected chi connectivity index (χ3v) is 7.88. The standard InChI is InChI=1S/C16H34N2O4Si/c1-7-15(23(20-8-2,21-9-3)22-10-4)18-13-11-12-14(18)16(19)17(5)6/h14-15H,7-13H2,1-6H3. The molecule has 2 unspecified atom stereocenters. The monoisotopic (exact) mass is 346 g/mol. The van der Waals surface area contributed by atoms with Crippen LogP contribution in [-0.2, 0) is 18.1 Å². The van der Waals surface area contributed by atoms with Crippen LogP contribution in [-0.4, -0.2) is 76.7 Å². The first-order valence-corrected chi connectivity index (χ1v) is 10.7. The van der Waals surface area contributed by atoms with Crippen molar-refractivity contribution in [2.75, 3.05) is 40.5 Å². The number of likely N-dealkylation sites (tertiary alicyclic amines) is 1. The Hall–Kier alpha value is -0.473. The number of likely N-dealkylation sites (N-methyl/N-ethyl adjacent to an activating group) is 1. The average Bonchev–Trinajstić information content (AvgIpc) is 2.97. The maximum atomic E-state index is 12.6. The van der Waals surface area contributed by atoms with E-state index in [1.807, 2.05) is 34.9 Å². The third-order valence-electron chi connectivity index (χ3n) is 4.25. The molecular weight excluding hydrogens is 312 g/mol. The lowest BCUT2D eigenvalue weighted by Crippen LogP contribution is -2.64. The van der Waals surface area contributed by atoms with Gasteiger partial charge >= 0.3 is 8.80 Å². The molecule has 0 saturated carbocycles. The summed E-state index contributed by atoms with van der Waals surface area (Å²) in [4.78, 5) is 16.5. The van der Waals surface area contributed by atoms with Crippen molar-refractivity contribution in [3.8, 4) is 0 Å². The zero-order chi connectivity index (χ0) is 17.5. The number of carbonyl (C=O) groups excluding carboxylic acids is 1. The molecule has 0 spiro atoms. The first-order valence-electron chi connectivity index (χ1n) is 8.86. The molecule has 1 saturated heterocycles. The van der Waals surface area contributed by atoms with E-state index in [4.69, 9.17) is 13.3 Å². The molecule has 7 heteroatoms. The second-order valence-corrected chi connectivity index (χ2v) is 8.69. The van der Waals surface area contributed by atoms with Gasteiger partial charge in [-0.15, -0.1) is 0 Å². The number of amides is 1. The van der Waals surface area contributed by atoms with Crippen LogP contribution >= 0.6 is 0 Å². The van der Waals surface area contributed by atoms with Gasteiger partial charge < -0.3 is 18.2 Å². The molecule has 1 fully saturated rings. The third kappa shape index (κ3) is 4.76. The van der Waals surface area contributed by atoms with Gasteiger partial charge in [0.2, 0.25) is 5.91 Å². The van der Waals surface area contributed by atoms with E-state index in [9.17, 15) is 4.79 Å². The summed E-state index contributed by atoms with van der Waals surface area (Å²) >= 11 is 0. The van der Waals surface area contributed by atoms with Gasteiger partial charge in [0.1, 0.15) is 0 Å². The summed E-state index contributed by atoms with van der Waals surface area (Å²) < 4.78 is 18.3. The molecule has 6 nitrogen and oxygen atoms in total. The Kier molecular flexibility index (Phi) is 8.71. The molecule has 1 heterocycles. The fraction of sp³-hybridized carbons (Fsp3) is 0.938. The molecule has 1 rings (SSSR count). The minimum atomic E-state index is -2.86. The fourth-order valence-corrected chi connectivity index (χ4v) is 6.68. The van der Waals surface area contributed by atoms with Crippen LogP contribution in [0.15, 0.2) is 0 Å². The van der Waals surface area contributed by atoms with Crippen molar-refractivity contribution in [3.05, 3.63) is 0 Å². The molecule has 0 bridgehead atoms. The number of rotatable bonds is 10. The summed E-state index contributed by atoms with van der Waals surface area (Å²) in [6.07, 6.45) is 2.77. The quantitative estimate of drug-likeness (QED) is 0.566. The van der Waals surface area contributed by atoms with Crippen LogP contribution in [0.4, 0.5) is 0 Å². The fourth-order valence-electron chi connectivity index (χ4n) is 3.43. The van der Waals surface area contributed by atoms with Crippen molar-refractivity contribution < 1.29 is 18.1 Å². The first kappa shape index (κ1) is 20.6. The minimum Gasteiger partial charge on any atom is -0.373 e. The van der Waals surface area contributed by atoms with E-state index >= 15 is 0 Å². The van der Waals surface area contributed by atoms with Gasteiger partial charge in [-0.3, -0.25) is 9.69 Å². The summed E-state index contributed by atoms with van der Waals surface area (Å²) in [6, 6.07) is -0.0943. The molecule has 1 aliphatic rings. The second kappa shape index (κ2) is 9.73. The van der Waals surface area contributed by atoms with Gasteiger partial charge in [-0.2, -0.15) is 0 Å². The summed E-state index contributed by atoms with van der Waals surface area (Å²) in [5.74, 6) is 0.161. The van der Waals surface area contributed by atoms with Crippen molar-refractivity contribution >= 4 is 14.7 Å². The van der Waals surface area contributed by atoms with E-state index in [0.717, 1.165) is 25.8 Å². The lowest BCUT2D eigenvalue weighted by Gasteiger charge is -2.41. The molecule has 2 atom stereocenters. The van der Waals surface area contributed by atoms with Crippen molar-refractivity contribution in [2.24, 2.45) is 0 Å². The SMILES string of the molecule is CCO[Si](OCC)(OCC)C(CC)N1CCCC1C(=O)N(C)C. The molecule has 0 aromatic heterocycles. The molecule has 23 heavy (non-hydrogen) atoms. The summed E-state index contributed by atoms with van der Waals surface area (Å²) in [5.41, 5.74) is 0.0266. The smallest absolute Gasteiger partial charge is 0.373 e. The maximum Gasteiger partial charge on any atom is 0.519 e. The van der Waals surface area contributed by atoms with E-state index in [1.54, 1.807) is 4.90 Å². The summed E-state index contributed by atoms with van der Waals surface area (Å²) in [7, 11) is 0.778. The predicted molar refractivity (Wildman–Crippen MR) is 93.1 cm³/mol. The molecule has 0 aromatic carbocycles. The lowest BCUT2D eigenvalue weighted by atomic mass is 10.2. The molecule has 0 aliphatic carbocycles. The number of hydrogen-bond donors (Lipinski definition) is 0. The maximum absolute atomic E-state index is 12.6. The molecule has 0 radical (unpaired) electrons. The molecule has 0 aromatic rings. The van der Waals surface area contributed by atoms with Crippen molar-refractivity contribution in [1.82, 2.24) is 9.80 Å². The Morgan fingerprint density at radius 2 is 1.65 bits per heavy atom. The molecule has 1 amide bonds. The predicted octanol–water partition coefficient (Wildman–Crippen LogP) is 1.91. The highest BCUT2D eigenvalue weighted by molar-refractivity contribution is 6.62. The van der Waals surface area contributed by atoms with E-state index in [1.165, 1.54) is 0 Å².